The lowest BCUT2D eigenvalue weighted by Gasteiger charge is -2.24. The Labute approximate surface area is 316 Å². The van der Waals surface area contributed by atoms with Gasteiger partial charge in [0.2, 0.25) is 0 Å². The molecule has 55 heavy (non-hydrogen) atoms. The van der Waals surface area contributed by atoms with Gasteiger partial charge in [-0.05, 0) is 60.7 Å². The van der Waals surface area contributed by atoms with E-state index in [1.165, 1.54) is 0 Å². The lowest BCUT2D eigenvalue weighted by atomic mass is 9.92. The summed E-state index contributed by atoms with van der Waals surface area (Å²) in [4.78, 5) is 0. The topological polar surface area (TPSA) is 62.4 Å². The maximum absolute atomic E-state index is 10.8. The average molecular weight is 700 g/mol. The largest absolute Gasteiger partial charge is 0.309 e. The molecule has 0 amide bonds. The fourth-order valence-electron chi connectivity index (χ4n) is 8.90. The van der Waals surface area contributed by atoms with Crippen molar-refractivity contribution in [3.05, 3.63) is 187 Å². The summed E-state index contributed by atoms with van der Waals surface area (Å²) in [6, 6.07) is 66.0. The van der Waals surface area contributed by atoms with E-state index >= 15 is 0 Å². The van der Waals surface area contributed by atoms with E-state index in [2.05, 4.69) is 184 Å². The summed E-state index contributed by atoms with van der Waals surface area (Å²) in [5.74, 6) is 0. The molecule has 0 spiro atoms. The molecule has 0 fully saturated rings. The van der Waals surface area contributed by atoms with Crippen molar-refractivity contribution in [2.45, 2.75) is 0 Å². The molecule has 5 nitrogen and oxygen atoms in total. The van der Waals surface area contributed by atoms with Gasteiger partial charge in [0.25, 0.3) is 0 Å². The Kier molecular flexibility index (Phi) is 6.61. The predicted octanol–water partition coefficient (Wildman–Crippen LogP) is 12.4. The van der Waals surface area contributed by atoms with Crippen molar-refractivity contribution in [3.8, 4) is 40.3 Å². The third-order valence-electron chi connectivity index (χ3n) is 11.1. The fourth-order valence-corrected chi connectivity index (χ4v) is 8.90. The normalized spacial score (nSPS) is 11.6. The number of rotatable bonds is 4. The first kappa shape index (κ1) is 30.7. The molecular formula is C50H29N5. The molecule has 0 saturated heterocycles. The molecule has 0 unspecified atom stereocenters. The van der Waals surface area contributed by atoms with Crippen LogP contribution in [-0.2, 0) is 0 Å². The number of aromatic nitrogens is 3. The number of hydrogen-bond acceptors (Lipinski definition) is 2. The summed E-state index contributed by atoms with van der Waals surface area (Å²) >= 11 is 0. The van der Waals surface area contributed by atoms with Gasteiger partial charge in [-0.1, -0.05) is 115 Å². The summed E-state index contributed by atoms with van der Waals surface area (Å²) in [6.07, 6.45) is 0. The van der Waals surface area contributed by atoms with Gasteiger partial charge in [0.15, 0.2) is 0 Å². The monoisotopic (exact) mass is 699 g/mol. The van der Waals surface area contributed by atoms with Crippen LogP contribution < -0.4 is 0 Å². The van der Waals surface area contributed by atoms with Gasteiger partial charge in [0.05, 0.1) is 67.7 Å². The zero-order valence-electron chi connectivity index (χ0n) is 29.5. The average Bonchev–Trinajstić information content (AvgIpc) is 3.89. The molecule has 3 aromatic heterocycles. The van der Waals surface area contributed by atoms with Crippen molar-refractivity contribution >= 4 is 65.4 Å². The number of nitriles is 2. The molecule has 11 aromatic rings. The molecule has 0 N–H and O–H groups in total. The van der Waals surface area contributed by atoms with E-state index in [0.29, 0.717) is 16.7 Å². The van der Waals surface area contributed by atoms with E-state index in [4.69, 9.17) is 0 Å². The Hall–Kier alpha value is -7.86. The molecular weight excluding hydrogens is 671 g/mol. The molecule has 3 heterocycles. The van der Waals surface area contributed by atoms with E-state index in [9.17, 15) is 10.5 Å². The minimum absolute atomic E-state index is 0.439. The molecule has 5 heteroatoms. The number of hydrogen-bond donors (Lipinski definition) is 0. The first-order valence-electron chi connectivity index (χ1n) is 18.3. The second kappa shape index (κ2) is 11.8. The summed E-state index contributed by atoms with van der Waals surface area (Å²) < 4.78 is 7.03. The van der Waals surface area contributed by atoms with Crippen molar-refractivity contribution in [1.82, 2.24) is 13.7 Å². The van der Waals surface area contributed by atoms with Crippen LogP contribution in [0.3, 0.4) is 0 Å². The molecule has 0 radical (unpaired) electrons. The minimum atomic E-state index is 0.439. The van der Waals surface area contributed by atoms with Crippen LogP contribution in [0.4, 0.5) is 0 Å². The number of para-hydroxylation sites is 6. The molecule has 0 aliphatic rings. The zero-order chi connectivity index (χ0) is 36.6. The van der Waals surface area contributed by atoms with E-state index in [1.807, 2.05) is 12.1 Å². The lowest BCUT2D eigenvalue weighted by molar-refractivity contribution is 1.08. The molecule has 0 bridgehead atoms. The first-order valence-corrected chi connectivity index (χ1v) is 18.3. The van der Waals surface area contributed by atoms with Gasteiger partial charge in [0.1, 0.15) is 0 Å². The third kappa shape index (κ3) is 4.33. The Morgan fingerprint density at radius 1 is 0.345 bits per heavy atom. The Morgan fingerprint density at radius 3 is 1.07 bits per heavy atom. The lowest BCUT2D eigenvalue weighted by Crippen LogP contribution is -2.09. The summed E-state index contributed by atoms with van der Waals surface area (Å²) in [5, 5.41) is 28.4. The smallest absolute Gasteiger partial charge is 0.0998 e. The fraction of sp³-hybridized carbons (Fsp3) is 0. The van der Waals surface area contributed by atoms with Crippen molar-refractivity contribution in [2.75, 3.05) is 0 Å². The van der Waals surface area contributed by atoms with Gasteiger partial charge in [-0.3, -0.25) is 0 Å². The molecule has 0 saturated carbocycles. The van der Waals surface area contributed by atoms with Gasteiger partial charge in [0, 0.05) is 49.1 Å². The van der Waals surface area contributed by atoms with E-state index in [1.54, 1.807) is 6.07 Å². The van der Waals surface area contributed by atoms with Crippen LogP contribution >= 0.6 is 0 Å². The van der Waals surface area contributed by atoms with Crippen LogP contribution in [0.15, 0.2) is 176 Å². The Balaban J connectivity index is 1.44. The predicted molar refractivity (Wildman–Crippen MR) is 224 cm³/mol. The number of fused-ring (bicyclic) bond motifs is 9. The molecule has 0 aliphatic carbocycles. The van der Waals surface area contributed by atoms with Crippen LogP contribution in [0.5, 0.6) is 0 Å². The standard InChI is InChI=1S/C50H29N5/c51-30-32-14-13-15-33(31-52)49(32)41-28-34(53-42-22-7-1-16-35(42)36-17-2-8-23-43(36)53)29-48(54-44-24-9-3-18-37(44)38-19-4-10-25-45(38)54)50(41)55-46-26-11-5-20-39(46)40-21-6-12-27-47(40)55/h1-29H. The van der Waals surface area contributed by atoms with Crippen molar-refractivity contribution in [3.63, 3.8) is 0 Å². The maximum Gasteiger partial charge on any atom is 0.0998 e. The second-order valence-corrected chi connectivity index (χ2v) is 13.9. The summed E-state index contributed by atoms with van der Waals surface area (Å²) in [5.41, 5.74) is 11.3. The minimum Gasteiger partial charge on any atom is -0.309 e. The van der Waals surface area contributed by atoms with Gasteiger partial charge in [-0.2, -0.15) is 10.5 Å². The quantitative estimate of drug-likeness (QED) is 0.184. The number of benzene rings is 8. The van der Waals surface area contributed by atoms with Crippen molar-refractivity contribution in [2.24, 2.45) is 0 Å². The second-order valence-electron chi connectivity index (χ2n) is 13.9. The zero-order valence-corrected chi connectivity index (χ0v) is 29.5. The molecule has 11 rings (SSSR count). The van der Waals surface area contributed by atoms with Crippen LogP contribution in [0.25, 0.3) is 93.6 Å². The van der Waals surface area contributed by atoms with E-state index in [-0.39, 0.29) is 0 Å². The maximum atomic E-state index is 10.8. The van der Waals surface area contributed by atoms with Crippen LogP contribution in [0, 0.1) is 22.7 Å². The molecule has 0 aliphatic heterocycles. The summed E-state index contributed by atoms with van der Waals surface area (Å²) in [7, 11) is 0. The Bertz CT molecular complexity index is 3280. The molecule has 254 valence electrons. The highest BCUT2D eigenvalue weighted by Gasteiger charge is 2.27. The Morgan fingerprint density at radius 2 is 0.691 bits per heavy atom. The SMILES string of the molecule is N#Cc1cccc(C#N)c1-c1cc(-n2c3ccccc3c3ccccc32)cc(-n2c3ccccc3c3ccccc32)c1-n1c2ccccc2c2ccccc21. The van der Waals surface area contributed by atoms with E-state index < -0.39 is 0 Å². The van der Waals surface area contributed by atoms with Gasteiger partial charge in [-0.15, -0.1) is 0 Å². The third-order valence-corrected chi connectivity index (χ3v) is 11.1. The van der Waals surface area contributed by atoms with Gasteiger partial charge >= 0.3 is 0 Å². The highest BCUT2D eigenvalue weighted by molar-refractivity contribution is 6.13. The van der Waals surface area contributed by atoms with Crippen LogP contribution in [-0.4, -0.2) is 13.7 Å². The van der Waals surface area contributed by atoms with Gasteiger partial charge in [-0.25, -0.2) is 0 Å². The first-order chi connectivity index (χ1) is 27.2. The highest BCUT2D eigenvalue weighted by atomic mass is 15.1. The van der Waals surface area contributed by atoms with Crippen LogP contribution in [0.2, 0.25) is 0 Å². The van der Waals surface area contributed by atoms with Gasteiger partial charge < -0.3 is 13.7 Å². The highest BCUT2D eigenvalue weighted by Crippen LogP contribution is 2.45. The summed E-state index contributed by atoms with van der Waals surface area (Å²) in [6.45, 7) is 0. The molecule has 8 aromatic carbocycles. The number of nitrogens with zero attached hydrogens (tertiary/aromatic N) is 5. The van der Waals surface area contributed by atoms with E-state index in [0.717, 1.165) is 88.0 Å². The van der Waals surface area contributed by atoms with Crippen LogP contribution in [0.1, 0.15) is 11.1 Å². The van der Waals surface area contributed by atoms with Crippen molar-refractivity contribution < 1.29 is 0 Å². The van der Waals surface area contributed by atoms with Crippen molar-refractivity contribution in [1.29, 1.82) is 10.5 Å². The molecule has 0 atom stereocenters.